The van der Waals surface area contributed by atoms with Crippen molar-refractivity contribution in [2.24, 2.45) is 0 Å². The van der Waals surface area contributed by atoms with Gasteiger partial charge in [-0.05, 0) is 36.1 Å². The molecular formula is C14H18N2O3S2. The predicted octanol–water partition coefficient (Wildman–Crippen LogP) is 2.20. The zero-order valence-electron chi connectivity index (χ0n) is 11.9. The van der Waals surface area contributed by atoms with Crippen LogP contribution in [0.15, 0.2) is 40.6 Å². The van der Waals surface area contributed by atoms with E-state index in [9.17, 15) is 8.42 Å². The first-order valence-electron chi connectivity index (χ1n) is 6.37. The summed E-state index contributed by atoms with van der Waals surface area (Å²) >= 11 is 1.62. The molecule has 0 atom stereocenters. The van der Waals surface area contributed by atoms with Gasteiger partial charge >= 0.3 is 0 Å². The molecule has 5 nitrogen and oxygen atoms in total. The van der Waals surface area contributed by atoms with Gasteiger partial charge in [0, 0.05) is 18.5 Å². The average Bonchev–Trinajstić information content (AvgIpc) is 2.97. The Morgan fingerprint density at radius 2 is 2.10 bits per heavy atom. The van der Waals surface area contributed by atoms with E-state index in [2.05, 4.69) is 0 Å². The normalized spacial score (nSPS) is 11.8. The molecule has 0 fully saturated rings. The number of nitrogens with zero attached hydrogens (tertiary/aromatic N) is 1. The van der Waals surface area contributed by atoms with Crippen LogP contribution in [0.3, 0.4) is 0 Å². The number of hydrogen-bond donors (Lipinski definition) is 1. The van der Waals surface area contributed by atoms with E-state index < -0.39 is 10.0 Å². The van der Waals surface area contributed by atoms with Crippen LogP contribution in [-0.2, 0) is 16.4 Å². The Morgan fingerprint density at radius 1 is 1.33 bits per heavy atom. The molecule has 0 saturated heterocycles. The van der Waals surface area contributed by atoms with E-state index in [-0.39, 0.29) is 4.90 Å². The Hall–Kier alpha value is -1.57. The maximum absolute atomic E-state index is 12.5. The first kappa shape index (κ1) is 15.8. The number of benzene rings is 1. The summed E-state index contributed by atoms with van der Waals surface area (Å²) in [6, 6.07) is 8.45. The lowest BCUT2D eigenvalue weighted by atomic mass is 10.3. The summed E-state index contributed by atoms with van der Waals surface area (Å²) in [5.74, 6) is 0.468. The van der Waals surface area contributed by atoms with Crippen LogP contribution in [0.2, 0.25) is 0 Å². The maximum atomic E-state index is 12.5. The zero-order chi connectivity index (χ0) is 15.5. The molecule has 0 bridgehead atoms. The molecular weight excluding hydrogens is 308 g/mol. The molecule has 1 heterocycles. The van der Waals surface area contributed by atoms with Crippen molar-refractivity contribution in [3.05, 3.63) is 40.6 Å². The highest BCUT2D eigenvalue weighted by Gasteiger charge is 2.21. The quantitative estimate of drug-likeness (QED) is 0.826. The summed E-state index contributed by atoms with van der Waals surface area (Å²) in [5, 5.41) is 1.98. The number of ether oxygens (including phenoxy) is 1. The Bertz CT molecular complexity index is 697. The summed E-state index contributed by atoms with van der Waals surface area (Å²) in [6.45, 7) is 0.425. The second kappa shape index (κ2) is 6.46. The van der Waals surface area contributed by atoms with E-state index in [1.807, 2.05) is 17.5 Å². The van der Waals surface area contributed by atoms with Crippen LogP contribution >= 0.6 is 11.3 Å². The summed E-state index contributed by atoms with van der Waals surface area (Å²) in [7, 11) is -0.471. The van der Waals surface area contributed by atoms with Crippen molar-refractivity contribution in [1.82, 2.24) is 4.31 Å². The van der Waals surface area contributed by atoms with Gasteiger partial charge in [-0.2, -0.15) is 0 Å². The van der Waals surface area contributed by atoms with Gasteiger partial charge in [-0.15, -0.1) is 11.3 Å². The first-order chi connectivity index (χ1) is 9.95. The number of methoxy groups -OCH3 is 1. The lowest BCUT2D eigenvalue weighted by Crippen LogP contribution is -2.29. The standard InChI is InChI=1S/C14H18N2O3S2/c1-16(8-7-11-4-3-9-20-11)21(17,18)12-5-6-14(19-2)13(15)10-12/h3-6,9-10H,7-8,15H2,1-2H3. The fourth-order valence-corrected chi connectivity index (χ4v) is 3.80. The molecule has 21 heavy (non-hydrogen) atoms. The third-order valence-corrected chi connectivity index (χ3v) is 5.95. The van der Waals surface area contributed by atoms with Crippen molar-refractivity contribution in [1.29, 1.82) is 0 Å². The number of thiophene rings is 1. The van der Waals surface area contributed by atoms with Gasteiger partial charge in [0.2, 0.25) is 10.0 Å². The van der Waals surface area contributed by atoms with Crippen LogP contribution in [0.25, 0.3) is 0 Å². The Balaban J connectivity index is 2.14. The minimum absolute atomic E-state index is 0.175. The molecule has 2 N–H and O–H groups in total. The van der Waals surface area contributed by atoms with E-state index in [1.54, 1.807) is 24.5 Å². The lowest BCUT2D eigenvalue weighted by Gasteiger charge is -2.17. The van der Waals surface area contributed by atoms with Gasteiger partial charge in [0.25, 0.3) is 0 Å². The van der Waals surface area contributed by atoms with Gasteiger partial charge in [0.1, 0.15) is 5.75 Å². The number of hydrogen-bond acceptors (Lipinski definition) is 5. The minimum Gasteiger partial charge on any atom is -0.495 e. The smallest absolute Gasteiger partial charge is 0.242 e. The van der Waals surface area contributed by atoms with Crippen LogP contribution < -0.4 is 10.5 Å². The van der Waals surface area contributed by atoms with Gasteiger partial charge in [-0.3, -0.25) is 0 Å². The van der Waals surface area contributed by atoms with Crippen molar-refractivity contribution < 1.29 is 13.2 Å². The van der Waals surface area contributed by atoms with Crippen molar-refractivity contribution in [3.8, 4) is 5.75 Å². The van der Waals surface area contributed by atoms with Crippen LogP contribution in [0.1, 0.15) is 4.88 Å². The molecule has 0 saturated carbocycles. The molecule has 1 aromatic heterocycles. The molecule has 0 aliphatic heterocycles. The molecule has 2 aromatic rings. The first-order valence-corrected chi connectivity index (χ1v) is 8.69. The summed E-state index contributed by atoms with van der Waals surface area (Å²) in [6.07, 6.45) is 0.693. The van der Waals surface area contributed by atoms with Crippen molar-refractivity contribution >= 4 is 27.0 Å². The van der Waals surface area contributed by atoms with E-state index in [1.165, 1.54) is 23.5 Å². The second-order valence-electron chi connectivity index (χ2n) is 4.56. The molecule has 7 heteroatoms. The van der Waals surface area contributed by atoms with Crippen molar-refractivity contribution in [2.45, 2.75) is 11.3 Å². The maximum Gasteiger partial charge on any atom is 0.242 e. The number of rotatable bonds is 6. The highest BCUT2D eigenvalue weighted by atomic mass is 32.2. The van der Waals surface area contributed by atoms with Crippen LogP contribution in [0.4, 0.5) is 5.69 Å². The lowest BCUT2D eigenvalue weighted by molar-refractivity contribution is 0.416. The number of sulfonamides is 1. The molecule has 0 amide bonds. The summed E-state index contributed by atoms with van der Waals surface area (Å²) in [5.41, 5.74) is 6.08. The summed E-state index contributed by atoms with van der Waals surface area (Å²) in [4.78, 5) is 1.33. The SMILES string of the molecule is COc1ccc(S(=O)(=O)N(C)CCc2cccs2)cc1N. The van der Waals surface area contributed by atoms with E-state index in [4.69, 9.17) is 10.5 Å². The van der Waals surface area contributed by atoms with Crippen LogP contribution in [0.5, 0.6) is 5.75 Å². The fraction of sp³-hybridized carbons (Fsp3) is 0.286. The molecule has 0 aliphatic rings. The highest BCUT2D eigenvalue weighted by molar-refractivity contribution is 7.89. The Labute approximate surface area is 129 Å². The van der Waals surface area contributed by atoms with Gasteiger partial charge in [-0.1, -0.05) is 6.07 Å². The number of nitrogen functional groups attached to an aromatic ring is 1. The predicted molar refractivity (Wildman–Crippen MR) is 85.2 cm³/mol. The molecule has 0 aliphatic carbocycles. The highest BCUT2D eigenvalue weighted by Crippen LogP contribution is 2.26. The fourth-order valence-electron chi connectivity index (χ4n) is 1.90. The van der Waals surface area contributed by atoms with Crippen molar-refractivity contribution in [2.75, 3.05) is 26.4 Å². The minimum atomic E-state index is -3.54. The number of anilines is 1. The molecule has 1 aromatic carbocycles. The molecule has 0 unspecified atom stereocenters. The Morgan fingerprint density at radius 3 is 2.67 bits per heavy atom. The number of likely N-dealkylation sites (N-methyl/N-ethyl adjacent to an activating group) is 1. The third kappa shape index (κ3) is 3.55. The van der Waals surface area contributed by atoms with Gasteiger partial charge in [0.15, 0.2) is 0 Å². The molecule has 0 spiro atoms. The van der Waals surface area contributed by atoms with Gasteiger partial charge in [0.05, 0.1) is 17.7 Å². The largest absolute Gasteiger partial charge is 0.495 e. The van der Waals surface area contributed by atoms with E-state index in [0.29, 0.717) is 24.4 Å². The molecule has 114 valence electrons. The summed E-state index contributed by atoms with van der Waals surface area (Å²) < 4.78 is 31.3. The zero-order valence-corrected chi connectivity index (χ0v) is 13.6. The third-order valence-electron chi connectivity index (χ3n) is 3.16. The van der Waals surface area contributed by atoms with Crippen LogP contribution in [-0.4, -0.2) is 33.4 Å². The Kier molecular flexibility index (Phi) is 4.87. The topological polar surface area (TPSA) is 72.6 Å². The number of nitrogens with two attached hydrogens (primary N) is 1. The molecule has 0 radical (unpaired) electrons. The van der Waals surface area contributed by atoms with Gasteiger partial charge < -0.3 is 10.5 Å². The van der Waals surface area contributed by atoms with E-state index in [0.717, 1.165) is 4.88 Å². The van der Waals surface area contributed by atoms with Crippen molar-refractivity contribution in [3.63, 3.8) is 0 Å². The molecule has 2 rings (SSSR count). The second-order valence-corrected chi connectivity index (χ2v) is 7.64. The van der Waals surface area contributed by atoms with Crippen LogP contribution in [0, 0.1) is 0 Å². The van der Waals surface area contributed by atoms with Gasteiger partial charge in [-0.25, -0.2) is 12.7 Å². The average molecular weight is 326 g/mol. The monoisotopic (exact) mass is 326 g/mol. The van der Waals surface area contributed by atoms with E-state index >= 15 is 0 Å².